The van der Waals surface area contributed by atoms with Gasteiger partial charge in [0.2, 0.25) is 0 Å². The summed E-state index contributed by atoms with van der Waals surface area (Å²) in [6.07, 6.45) is 4.50. The van der Waals surface area contributed by atoms with Gasteiger partial charge in [-0.25, -0.2) is 4.98 Å². The maximum absolute atomic E-state index is 12.3. The van der Waals surface area contributed by atoms with Gasteiger partial charge in [-0.2, -0.15) is 0 Å². The van der Waals surface area contributed by atoms with Crippen LogP contribution in [0.1, 0.15) is 17.4 Å². The summed E-state index contributed by atoms with van der Waals surface area (Å²) in [5.41, 5.74) is 7.42. The molecule has 2 N–H and O–H groups in total. The molecule has 0 saturated carbocycles. The van der Waals surface area contributed by atoms with E-state index in [0.29, 0.717) is 17.9 Å². The second-order valence-electron chi connectivity index (χ2n) is 3.73. The van der Waals surface area contributed by atoms with Gasteiger partial charge in [0, 0.05) is 30.3 Å². The van der Waals surface area contributed by atoms with Crippen molar-refractivity contribution in [2.24, 2.45) is 0 Å². The van der Waals surface area contributed by atoms with Gasteiger partial charge < -0.3 is 10.6 Å². The molecule has 5 heteroatoms. The van der Waals surface area contributed by atoms with Gasteiger partial charge in [0.15, 0.2) is 0 Å². The molecule has 0 aliphatic carbocycles. The molecule has 1 amide bonds. The Kier molecular flexibility index (Phi) is 3.52. The van der Waals surface area contributed by atoms with Crippen LogP contribution in [-0.4, -0.2) is 22.4 Å². The Morgan fingerprint density at radius 3 is 2.56 bits per heavy atom. The van der Waals surface area contributed by atoms with Crippen molar-refractivity contribution in [1.29, 1.82) is 0 Å². The van der Waals surface area contributed by atoms with Gasteiger partial charge in [0.05, 0.1) is 6.20 Å². The lowest BCUT2D eigenvalue weighted by atomic mass is 10.2. The van der Waals surface area contributed by atoms with Crippen molar-refractivity contribution in [3.8, 4) is 0 Å². The molecule has 1 aromatic carbocycles. The third-order valence-electron chi connectivity index (χ3n) is 2.55. The molecule has 0 unspecified atom stereocenters. The van der Waals surface area contributed by atoms with Gasteiger partial charge in [-0.3, -0.25) is 9.78 Å². The molecule has 2 rings (SSSR count). The number of carbonyl (C=O) groups is 1. The molecule has 1 aromatic heterocycles. The van der Waals surface area contributed by atoms with Gasteiger partial charge in [-0.05, 0) is 31.2 Å². The van der Waals surface area contributed by atoms with Crippen molar-refractivity contribution in [2.45, 2.75) is 6.92 Å². The van der Waals surface area contributed by atoms with E-state index in [0.717, 1.165) is 5.69 Å². The lowest BCUT2D eigenvalue weighted by Crippen LogP contribution is -2.31. The number of nitrogen functional groups attached to an aromatic ring is 1. The number of benzene rings is 1. The van der Waals surface area contributed by atoms with Crippen LogP contribution in [0.5, 0.6) is 0 Å². The topological polar surface area (TPSA) is 72.1 Å². The Balaban J connectivity index is 2.29. The van der Waals surface area contributed by atoms with Crippen molar-refractivity contribution >= 4 is 17.3 Å². The first-order valence-corrected chi connectivity index (χ1v) is 5.65. The highest BCUT2D eigenvalue weighted by Gasteiger charge is 2.16. The molecule has 0 radical (unpaired) electrons. The maximum atomic E-state index is 12.3. The third-order valence-corrected chi connectivity index (χ3v) is 2.55. The van der Waals surface area contributed by atoms with E-state index in [1.165, 1.54) is 18.6 Å². The lowest BCUT2D eigenvalue weighted by molar-refractivity contribution is 0.0983. The number of nitrogens with two attached hydrogens (primary N) is 1. The SMILES string of the molecule is CCN(C(=O)c1cnccn1)c1ccc(N)cc1. The molecular weight excluding hydrogens is 228 g/mol. The van der Waals surface area contributed by atoms with E-state index < -0.39 is 0 Å². The van der Waals surface area contributed by atoms with E-state index in [4.69, 9.17) is 5.73 Å². The minimum absolute atomic E-state index is 0.171. The van der Waals surface area contributed by atoms with E-state index in [9.17, 15) is 4.79 Å². The number of carbonyl (C=O) groups excluding carboxylic acids is 1. The second kappa shape index (κ2) is 5.27. The molecule has 0 saturated heterocycles. The van der Waals surface area contributed by atoms with Gasteiger partial charge in [0.1, 0.15) is 5.69 Å². The minimum atomic E-state index is -0.171. The third kappa shape index (κ3) is 2.45. The molecule has 0 fully saturated rings. The van der Waals surface area contributed by atoms with Crippen LogP contribution in [0.15, 0.2) is 42.9 Å². The number of nitrogens with zero attached hydrogens (tertiary/aromatic N) is 3. The van der Waals surface area contributed by atoms with Crippen LogP contribution in [-0.2, 0) is 0 Å². The van der Waals surface area contributed by atoms with Crippen LogP contribution in [0.4, 0.5) is 11.4 Å². The number of hydrogen-bond acceptors (Lipinski definition) is 4. The molecule has 0 bridgehead atoms. The van der Waals surface area contributed by atoms with Crippen LogP contribution in [0.25, 0.3) is 0 Å². The smallest absolute Gasteiger partial charge is 0.278 e. The number of amides is 1. The lowest BCUT2D eigenvalue weighted by Gasteiger charge is -2.20. The fourth-order valence-electron chi connectivity index (χ4n) is 1.65. The monoisotopic (exact) mass is 242 g/mol. The summed E-state index contributed by atoms with van der Waals surface area (Å²) in [5.74, 6) is -0.171. The summed E-state index contributed by atoms with van der Waals surface area (Å²) in [4.78, 5) is 21.8. The Labute approximate surface area is 105 Å². The summed E-state index contributed by atoms with van der Waals surface area (Å²) in [5, 5.41) is 0. The van der Waals surface area contributed by atoms with E-state index in [2.05, 4.69) is 9.97 Å². The van der Waals surface area contributed by atoms with E-state index >= 15 is 0 Å². The molecular formula is C13H14N4O. The Hall–Kier alpha value is -2.43. The number of rotatable bonds is 3. The zero-order valence-corrected chi connectivity index (χ0v) is 10.1. The molecule has 0 aliphatic rings. The van der Waals surface area contributed by atoms with E-state index in [1.54, 1.807) is 17.0 Å². The van der Waals surface area contributed by atoms with Gasteiger partial charge in [-0.15, -0.1) is 0 Å². The highest BCUT2D eigenvalue weighted by atomic mass is 16.2. The van der Waals surface area contributed by atoms with Crippen molar-refractivity contribution in [2.75, 3.05) is 17.2 Å². The summed E-state index contributed by atoms with van der Waals surface area (Å²) >= 11 is 0. The first-order valence-electron chi connectivity index (χ1n) is 5.65. The van der Waals surface area contributed by atoms with Gasteiger partial charge in [0.25, 0.3) is 5.91 Å². The average Bonchev–Trinajstić information content (AvgIpc) is 2.42. The van der Waals surface area contributed by atoms with Crippen molar-refractivity contribution in [3.05, 3.63) is 48.5 Å². The predicted octanol–water partition coefficient (Wildman–Crippen LogP) is 1.73. The Bertz CT molecular complexity index is 524. The Morgan fingerprint density at radius 2 is 2.00 bits per heavy atom. The first kappa shape index (κ1) is 12.0. The number of aromatic nitrogens is 2. The van der Waals surface area contributed by atoms with Crippen molar-refractivity contribution < 1.29 is 4.79 Å². The molecule has 92 valence electrons. The fraction of sp³-hybridized carbons (Fsp3) is 0.154. The Morgan fingerprint density at radius 1 is 1.28 bits per heavy atom. The van der Waals surface area contributed by atoms with Crippen molar-refractivity contribution in [1.82, 2.24) is 9.97 Å². The van der Waals surface area contributed by atoms with Gasteiger partial charge in [-0.1, -0.05) is 0 Å². The first-order chi connectivity index (χ1) is 8.72. The second-order valence-corrected chi connectivity index (χ2v) is 3.73. The molecule has 0 aliphatic heterocycles. The summed E-state index contributed by atoms with van der Waals surface area (Å²) in [6, 6.07) is 7.16. The average molecular weight is 242 g/mol. The standard InChI is InChI=1S/C13H14N4O/c1-2-17(11-5-3-10(14)4-6-11)13(18)12-9-15-7-8-16-12/h3-9H,2,14H2,1H3. The normalized spacial score (nSPS) is 10.1. The molecule has 0 spiro atoms. The van der Waals surface area contributed by atoms with Crippen LogP contribution in [0.3, 0.4) is 0 Å². The molecule has 0 atom stereocenters. The zero-order chi connectivity index (χ0) is 13.0. The zero-order valence-electron chi connectivity index (χ0n) is 10.1. The fourth-order valence-corrected chi connectivity index (χ4v) is 1.65. The minimum Gasteiger partial charge on any atom is -0.399 e. The van der Waals surface area contributed by atoms with Crippen LogP contribution < -0.4 is 10.6 Å². The number of hydrogen-bond donors (Lipinski definition) is 1. The van der Waals surface area contributed by atoms with E-state index in [-0.39, 0.29) is 5.91 Å². The van der Waals surface area contributed by atoms with Crippen molar-refractivity contribution in [3.63, 3.8) is 0 Å². The van der Waals surface area contributed by atoms with Gasteiger partial charge >= 0.3 is 0 Å². The van der Waals surface area contributed by atoms with E-state index in [1.807, 2.05) is 19.1 Å². The molecule has 1 heterocycles. The summed E-state index contributed by atoms with van der Waals surface area (Å²) < 4.78 is 0. The molecule has 2 aromatic rings. The van der Waals surface area contributed by atoms with Crippen LogP contribution >= 0.6 is 0 Å². The quantitative estimate of drug-likeness (QED) is 0.832. The summed E-state index contributed by atoms with van der Waals surface area (Å²) in [6.45, 7) is 2.46. The number of anilines is 2. The van der Waals surface area contributed by atoms with Crippen LogP contribution in [0, 0.1) is 0 Å². The summed E-state index contributed by atoms with van der Waals surface area (Å²) in [7, 11) is 0. The predicted molar refractivity (Wildman–Crippen MR) is 70.2 cm³/mol. The van der Waals surface area contributed by atoms with Crippen LogP contribution in [0.2, 0.25) is 0 Å². The largest absolute Gasteiger partial charge is 0.399 e. The molecule has 18 heavy (non-hydrogen) atoms. The highest BCUT2D eigenvalue weighted by molar-refractivity contribution is 6.04. The maximum Gasteiger partial charge on any atom is 0.278 e. The molecule has 5 nitrogen and oxygen atoms in total. The highest BCUT2D eigenvalue weighted by Crippen LogP contribution is 2.17.